The molecule has 2 aromatic carbocycles. The molecule has 3 heterocycles. The SMILES string of the molecule is COc1cc(C(Nc2ccc(C(=N)N)cc2)C2=NCCC(Cc3ncccc3F)C(=O)CCC2)cc2c1OCCCO2. The Morgan fingerprint density at radius 2 is 1.98 bits per heavy atom. The number of nitrogens with zero attached hydrogens (tertiary/aromatic N) is 2. The Morgan fingerprint density at radius 1 is 1.17 bits per heavy atom. The summed E-state index contributed by atoms with van der Waals surface area (Å²) in [5.41, 5.74) is 9.18. The van der Waals surface area contributed by atoms with E-state index in [1.54, 1.807) is 31.5 Å². The molecular formula is C32H36FN5O4. The number of anilines is 1. The van der Waals surface area contributed by atoms with Gasteiger partial charge in [-0.2, -0.15) is 0 Å². The molecule has 0 saturated heterocycles. The molecule has 9 nitrogen and oxygen atoms in total. The quantitative estimate of drug-likeness (QED) is 0.247. The Morgan fingerprint density at radius 3 is 2.74 bits per heavy atom. The van der Waals surface area contributed by atoms with Crippen molar-refractivity contribution in [3.05, 3.63) is 77.4 Å². The Balaban J connectivity index is 1.47. The number of pyridine rings is 1. The molecule has 0 bridgehead atoms. The maximum absolute atomic E-state index is 14.3. The van der Waals surface area contributed by atoms with Crippen molar-refractivity contribution in [3.8, 4) is 17.2 Å². The highest BCUT2D eigenvalue weighted by atomic mass is 19.1. The van der Waals surface area contributed by atoms with Crippen LogP contribution in [0.15, 0.2) is 59.7 Å². The number of carbonyl (C=O) groups excluding carboxylic acids is 1. The lowest BCUT2D eigenvalue weighted by Gasteiger charge is -2.25. The molecule has 10 heteroatoms. The van der Waals surface area contributed by atoms with Gasteiger partial charge in [-0.15, -0.1) is 0 Å². The summed E-state index contributed by atoms with van der Waals surface area (Å²) in [6.45, 7) is 1.49. The number of nitrogen functional groups attached to an aromatic ring is 1. The van der Waals surface area contributed by atoms with Crippen molar-refractivity contribution in [1.82, 2.24) is 4.98 Å². The fourth-order valence-electron chi connectivity index (χ4n) is 5.36. The molecule has 2 atom stereocenters. The first kappa shape index (κ1) is 29.0. The van der Waals surface area contributed by atoms with Gasteiger partial charge in [0.25, 0.3) is 0 Å². The lowest BCUT2D eigenvalue weighted by molar-refractivity contribution is -0.123. The number of benzene rings is 2. The predicted molar refractivity (Wildman–Crippen MR) is 160 cm³/mol. The van der Waals surface area contributed by atoms with Crippen LogP contribution in [0.25, 0.3) is 0 Å². The van der Waals surface area contributed by atoms with Crippen molar-refractivity contribution >= 4 is 23.0 Å². The number of amidine groups is 1. The predicted octanol–water partition coefficient (Wildman–Crippen LogP) is 5.27. The fraction of sp³-hybridized carbons (Fsp3) is 0.375. The molecule has 0 spiro atoms. The Kier molecular flexibility index (Phi) is 9.31. The minimum atomic E-state index is -0.391. The first-order valence-electron chi connectivity index (χ1n) is 14.3. The van der Waals surface area contributed by atoms with Gasteiger partial charge in [0, 0.05) is 54.9 Å². The zero-order valence-corrected chi connectivity index (χ0v) is 23.7. The van der Waals surface area contributed by atoms with E-state index in [1.165, 1.54) is 6.07 Å². The van der Waals surface area contributed by atoms with E-state index in [9.17, 15) is 9.18 Å². The topological polar surface area (TPSA) is 132 Å². The van der Waals surface area contributed by atoms with Crippen LogP contribution in [0.2, 0.25) is 0 Å². The van der Waals surface area contributed by atoms with E-state index in [2.05, 4.69) is 10.3 Å². The highest BCUT2D eigenvalue weighted by molar-refractivity contribution is 5.96. The van der Waals surface area contributed by atoms with Crippen molar-refractivity contribution < 1.29 is 23.4 Å². The van der Waals surface area contributed by atoms with E-state index >= 15 is 0 Å². The van der Waals surface area contributed by atoms with Gasteiger partial charge in [0.2, 0.25) is 5.75 Å². The number of halogens is 1. The molecule has 3 aromatic rings. The van der Waals surface area contributed by atoms with Gasteiger partial charge >= 0.3 is 0 Å². The minimum absolute atomic E-state index is 0.00353. The second-order valence-corrected chi connectivity index (χ2v) is 10.5. The van der Waals surface area contributed by atoms with Gasteiger partial charge < -0.3 is 25.3 Å². The summed E-state index contributed by atoms with van der Waals surface area (Å²) in [6.07, 6.45) is 4.67. The number of hydrogen-bond acceptors (Lipinski definition) is 8. The van der Waals surface area contributed by atoms with Crippen LogP contribution in [0.1, 0.15) is 55.0 Å². The second-order valence-electron chi connectivity index (χ2n) is 10.5. The molecular weight excluding hydrogens is 537 g/mol. The van der Waals surface area contributed by atoms with E-state index in [0.29, 0.717) is 73.9 Å². The zero-order valence-electron chi connectivity index (χ0n) is 23.7. The number of ketones is 1. The maximum atomic E-state index is 14.3. The highest BCUT2D eigenvalue weighted by Gasteiger charge is 2.27. The van der Waals surface area contributed by atoms with Crippen molar-refractivity contribution in [2.24, 2.45) is 16.6 Å². The van der Waals surface area contributed by atoms with E-state index in [0.717, 1.165) is 23.4 Å². The molecule has 0 saturated carbocycles. The normalized spacial score (nSPS) is 18.0. The Hall–Kier alpha value is -4.47. The molecule has 42 heavy (non-hydrogen) atoms. The standard InChI is InChI=1S/C32H36FN5O4/c1-40-28-18-22(19-29-31(28)42-16-4-15-41-29)30(38-23-10-8-20(9-11-23)32(34)35)25-6-2-7-27(39)21(12-14-37-25)17-26-24(33)5-3-13-36-26/h3,5,8-11,13,18-19,21,30,38H,2,4,6-7,12,14-17H2,1H3,(H3,34,35). The Bertz CT molecular complexity index is 1460. The third-order valence-corrected chi connectivity index (χ3v) is 7.61. The van der Waals surface area contributed by atoms with Crippen LogP contribution >= 0.6 is 0 Å². The molecule has 220 valence electrons. The lowest BCUT2D eigenvalue weighted by Crippen LogP contribution is -2.22. The Labute approximate surface area is 244 Å². The van der Waals surface area contributed by atoms with E-state index < -0.39 is 5.82 Å². The van der Waals surface area contributed by atoms with Crippen molar-refractivity contribution in [1.29, 1.82) is 5.41 Å². The summed E-state index contributed by atoms with van der Waals surface area (Å²) < 4.78 is 32.0. The van der Waals surface area contributed by atoms with Crippen LogP contribution in [0.4, 0.5) is 10.1 Å². The summed E-state index contributed by atoms with van der Waals surface area (Å²) in [4.78, 5) is 22.3. The summed E-state index contributed by atoms with van der Waals surface area (Å²) in [6, 6.07) is 13.8. The smallest absolute Gasteiger partial charge is 0.203 e. The summed E-state index contributed by atoms with van der Waals surface area (Å²) in [7, 11) is 1.60. The number of fused-ring (bicyclic) bond motifs is 1. The summed E-state index contributed by atoms with van der Waals surface area (Å²) >= 11 is 0. The van der Waals surface area contributed by atoms with Gasteiger partial charge in [0.05, 0.1) is 32.1 Å². The molecule has 2 aliphatic rings. The van der Waals surface area contributed by atoms with Crippen molar-refractivity contribution in [2.75, 3.05) is 32.2 Å². The maximum Gasteiger partial charge on any atom is 0.203 e. The second kappa shape index (κ2) is 13.5. The molecule has 0 fully saturated rings. The molecule has 2 aliphatic heterocycles. The third-order valence-electron chi connectivity index (χ3n) is 7.61. The van der Waals surface area contributed by atoms with Crippen LogP contribution in [-0.4, -0.2) is 49.2 Å². The van der Waals surface area contributed by atoms with E-state index in [1.807, 2.05) is 24.3 Å². The molecule has 0 amide bonds. The number of aromatic nitrogens is 1. The average molecular weight is 574 g/mol. The molecule has 4 N–H and O–H groups in total. The number of aliphatic imine (C=N–C) groups is 1. The van der Waals surface area contributed by atoms with Gasteiger partial charge in [0.15, 0.2) is 11.5 Å². The monoisotopic (exact) mass is 573 g/mol. The van der Waals surface area contributed by atoms with Gasteiger partial charge in [-0.3, -0.25) is 20.2 Å². The third kappa shape index (κ3) is 6.87. The summed E-state index contributed by atoms with van der Waals surface area (Å²) in [5, 5.41) is 11.3. The molecule has 0 radical (unpaired) electrons. The first-order chi connectivity index (χ1) is 20.4. The average Bonchev–Trinajstić information content (AvgIpc) is 3.20. The lowest BCUT2D eigenvalue weighted by atomic mass is 9.91. The van der Waals surface area contributed by atoms with Crippen molar-refractivity contribution in [2.45, 2.75) is 44.6 Å². The van der Waals surface area contributed by atoms with Crippen LogP contribution in [-0.2, 0) is 11.2 Å². The molecule has 5 rings (SSSR count). The number of nitrogens with one attached hydrogen (secondary N) is 2. The first-order valence-corrected chi connectivity index (χ1v) is 14.3. The molecule has 2 unspecified atom stereocenters. The fourth-order valence-corrected chi connectivity index (χ4v) is 5.36. The van der Waals surface area contributed by atoms with Crippen LogP contribution in [0.3, 0.4) is 0 Å². The number of Topliss-reactive ketones (excluding diaryl/α,β-unsaturated/α-hetero) is 1. The number of methoxy groups -OCH3 is 1. The number of nitrogens with two attached hydrogens (primary N) is 1. The van der Waals surface area contributed by atoms with Gasteiger partial charge in [0.1, 0.15) is 17.4 Å². The number of carbonyl (C=O) groups is 1. The number of hydrogen-bond donors (Lipinski definition) is 3. The van der Waals surface area contributed by atoms with Gasteiger partial charge in [-0.25, -0.2) is 4.39 Å². The van der Waals surface area contributed by atoms with Crippen LogP contribution < -0.4 is 25.3 Å². The molecule has 0 aliphatic carbocycles. The van der Waals surface area contributed by atoms with Crippen LogP contribution in [0, 0.1) is 17.1 Å². The highest BCUT2D eigenvalue weighted by Crippen LogP contribution is 2.42. The number of rotatable bonds is 8. The minimum Gasteiger partial charge on any atom is -0.493 e. The van der Waals surface area contributed by atoms with E-state index in [4.69, 9.17) is 30.3 Å². The molecule has 1 aromatic heterocycles. The summed E-state index contributed by atoms with van der Waals surface area (Å²) in [5.74, 6) is 1.12. The van der Waals surface area contributed by atoms with Gasteiger partial charge in [-0.05, 0) is 73.4 Å². The van der Waals surface area contributed by atoms with Crippen LogP contribution in [0.5, 0.6) is 17.2 Å². The zero-order chi connectivity index (χ0) is 29.5. The largest absolute Gasteiger partial charge is 0.493 e. The van der Waals surface area contributed by atoms with Crippen molar-refractivity contribution in [3.63, 3.8) is 0 Å². The number of ether oxygens (including phenoxy) is 3. The van der Waals surface area contributed by atoms with E-state index in [-0.39, 0.29) is 30.0 Å². The van der Waals surface area contributed by atoms with Gasteiger partial charge in [-0.1, -0.05) is 0 Å².